The summed E-state index contributed by atoms with van der Waals surface area (Å²) in [4.78, 5) is 11.6. The fourth-order valence-electron chi connectivity index (χ4n) is 3.19. The van der Waals surface area contributed by atoms with Crippen molar-refractivity contribution in [2.45, 2.75) is 25.8 Å². The van der Waals surface area contributed by atoms with Crippen LogP contribution in [0.3, 0.4) is 0 Å². The number of ketones is 1. The highest BCUT2D eigenvalue weighted by Crippen LogP contribution is 2.29. The van der Waals surface area contributed by atoms with Gasteiger partial charge in [-0.1, -0.05) is 30.3 Å². The van der Waals surface area contributed by atoms with Gasteiger partial charge in [-0.15, -0.1) is 0 Å². The molecule has 2 aromatic rings. The standard InChI is InChI=1S/C19H22N2O3S/c1-25(23,24)21(18-10-9-15-3-2-4-17(15)11-18)13-14-5-7-16(8-6-14)19(22)12-20/h5-11H,2-4,12-13,20H2,1H3. The Balaban J connectivity index is 1.89. The molecule has 6 heteroatoms. The van der Waals surface area contributed by atoms with Crippen molar-refractivity contribution in [2.24, 2.45) is 5.73 Å². The lowest BCUT2D eigenvalue weighted by molar-refractivity contribution is 0.100. The first kappa shape index (κ1) is 17.6. The highest BCUT2D eigenvalue weighted by Gasteiger charge is 2.20. The maximum atomic E-state index is 12.3. The van der Waals surface area contributed by atoms with Gasteiger partial charge in [0.1, 0.15) is 0 Å². The van der Waals surface area contributed by atoms with Gasteiger partial charge < -0.3 is 5.73 Å². The van der Waals surface area contributed by atoms with Gasteiger partial charge in [-0.3, -0.25) is 9.10 Å². The minimum absolute atomic E-state index is 0.0378. The van der Waals surface area contributed by atoms with Crippen LogP contribution in [0.5, 0.6) is 0 Å². The van der Waals surface area contributed by atoms with E-state index in [2.05, 4.69) is 0 Å². The summed E-state index contributed by atoms with van der Waals surface area (Å²) < 4.78 is 26.0. The molecule has 0 saturated carbocycles. The number of carbonyl (C=O) groups is 1. The molecular weight excluding hydrogens is 336 g/mol. The van der Waals surface area contributed by atoms with Crippen LogP contribution in [0.15, 0.2) is 42.5 Å². The fraction of sp³-hybridized carbons (Fsp3) is 0.316. The van der Waals surface area contributed by atoms with E-state index in [1.165, 1.54) is 21.7 Å². The van der Waals surface area contributed by atoms with Gasteiger partial charge in [-0.25, -0.2) is 8.42 Å². The second kappa shape index (κ2) is 6.98. The zero-order valence-electron chi connectivity index (χ0n) is 14.2. The molecule has 3 rings (SSSR count). The molecule has 0 bridgehead atoms. The topological polar surface area (TPSA) is 80.5 Å². The second-order valence-corrected chi connectivity index (χ2v) is 8.31. The number of hydrogen-bond donors (Lipinski definition) is 1. The average Bonchev–Trinajstić information content (AvgIpc) is 3.06. The third-order valence-corrected chi connectivity index (χ3v) is 5.70. The van der Waals surface area contributed by atoms with Crippen molar-refractivity contribution in [1.29, 1.82) is 0 Å². The number of nitrogens with zero attached hydrogens (tertiary/aromatic N) is 1. The monoisotopic (exact) mass is 358 g/mol. The van der Waals surface area contributed by atoms with E-state index in [0.29, 0.717) is 11.3 Å². The molecule has 0 spiro atoms. The number of sulfonamides is 1. The smallest absolute Gasteiger partial charge is 0.232 e. The molecule has 0 amide bonds. The zero-order chi connectivity index (χ0) is 18.0. The Labute approximate surface area is 148 Å². The summed E-state index contributed by atoms with van der Waals surface area (Å²) in [5.41, 5.74) is 9.94. The number of nitrogens with two attached hydrogens (primary N) is 1. The van der Waals surface area contributed by atoms with E-state index in [1.54, 1.807) is 24.3 Å². The molecule has 25 heavy (non-hydrogen) atoms. The van der Waals surface area contributed by atoms with Crippen molar-refractivity contribution in [3.8, 4) is 0 Å². The highest BCUT2D eigenvalue weighted by atomic mass is 32.2. The summed E-state index contributed by atoms with van der Waals surface area (Å²) in [6, 6.07) is 12.8. The third kappa shape index (κ3) is 3.91. The molecule has 0 radical (unpaired) electrons. The first-order chi connectivity index (χ1) is 11.9. The summed E-state index contributed by atoms with van der Waals surface area (Å²) >= 11 is 0. The summed E-state index contributed by atoms with van der Waals surface area (Å²) in [6.45, 7) is 0.193. The number of carbonyl (C=O) groups excluding carboxylic acids is 1. The SMILES string of the molecule is CS(=O)(=O)N(Cc1ccc(C(=O)CN)cc1)c1ccc2c(c1)CCC2. The molecule has 2 N–H and O–H groups in total. The van der Waals surface area contributed by atoms with Crippen LogP contribution in [0.1, 0.15) is 33.5 Å². The first-order valence-corrected chi connectivity index (χ1v) is 10.1. The van der Waals surface area contributed by atoms with E-state index in [9.17, 15) is 13.2 Å². The van der Waals surface area contributed by atoms with Gasteiger partial charge in [0.2, 0.25) is 10.0 Å². The van der Waals surface area contributed by atoms with Crippen molar-refractivity contribution in [3.05, 3.63) is 64.7 Å². The van der Waals surface area contributed by atoms with Gasteiger partial charge in [-0.2, -0.15) is 0 Å². The Morgan fingerprint density at radius 1 is 1.08 bits per heavy atom. The molecule has 0 unspecified atom stereocenters. The van der Waals surface area contributed by atoms with Gasteiger partial charge >= 0.3 is 0 Å². The van der Waals surface area contributed by atoms with Gasteiger partial charge in [0.05, 0.1) is 25.0 Å². The Hall–Kier alpha value is -2.18. The molecule has 1 aliphatic rings. The van der Waals surface area contributed by atoms with E-state index < -0.39 is 10.0 Å². The van der Waals surface area contributed by atoms with Crippen LogP contribution < -0.4 is 10.0 Å². The largest absolute Gasteiger partial charge is 0.324 e. The van der Waals surface area contributed by atoms with Crippen LogP contribution in [0, 0.1) is 0 Å². The molecule has 0 heterocycles. The van der Waals surface area contributed by atoms with Crippen molar-refractivity contribution < 1.29 is 13.2 Å². The number of hydrogen-bond acceptors (Lipinski definition) is 4. The molecule has 132 valence electrons. The van der Waals surface area contributed by atoms with E-state index in [0.717, 1.165) is 24.8 Å². The van der Waals surface area contributed by atoms with E-state index >= 15 is 0 Å². The van der Waals surface area contributed by atoms with Gasteiger partial charge in [0.15, 0.2) is 5.78 Å². The lowest BCUT2D eigenvalue weighted by Crippen LogP contribution is -2.29. The number of rotatable bonds is 6. The Bertz CT molecular complexity index is 889. The minimum atomic E-state index is -3.42. The van der Waals surface area contributed by atoms with E-state index in [4.69, 9.17) is 5.73 Å². The van der Waals surface area contributed by atoms with Crippen molar-refractivity contribution in [2.75, 3.05) is 17.1 Å². The van der Waals surface area contributed by atoms with Gasteiger partial charge in [0.25, 0.3) is 0 Å². The average molecular weight is 358 g/mol. The minimum Gasteiger partial charge on any atom is -0.324 e. The maximum absolute atomic E-state index is 12.3. The summed E-state index contributed by atoms with van der Waals surface area (Å²) in [5, 5.41) is 0. The maximum Gasteiger partial charge on any atom is 0.232 e. The van der Waals surface area contributed by atoms with E-state index in [1.807, 2.05) is 18.2 Å². The summed E-state index contributed by atoms with van der Waals surface area (Å²) in [6.07, 6.45) is 4.39. The molecule has 0 aliphatic heterocycles. The second-order valence-electron chi connectivity index (χ2n) is 6.40. The summed E-state index contributed by atoms with van der Waals surface area (Å²) in [5.74, 6) is -0.134. The van der Waals surface area contributed by atoms with Crippen LogP contribution in [0.4, 0.5) is 5.69 Å². The molecule has 2 aromatic carbocycles. The quantitative estimate of drug-likeness (QED) is 0.804. The molecule has 0 aromatic heterocycles. The lowest BCUT2D eigenvalue weighted by Gasteiger charge is -2.23. The zero-order valence-corrected chi connectivity index (χ0v) is 15.1. The van der Waals surface area contributed by atoms with Gasteiger partial charge in [0, 0.05) is 5.56 Å². The lowest BCUT2D eigenvalue weighted by atomic mass is 10.1. The highest BCUT2D eigenvalue weighted by molar-refractivity contribution is 7.92. The number of aryl methyl sites for hydroxylation is 2. The molecule has 0 fully saturated rings. The molecule has 5 nitrogen and oxygen atoms in total. The van der Waals surface area contributed by atoms with E-state index in [-0.39, 0.29) is 18.9 Å². The third-order valence-electron chi connectivity index (χ3n) is 4.56. The first-order valence-electron chi connectivity index (χ1n) is 8.30. The molecule has 0 atom stereocenters. The predicted octanol–water partition coefficient (Wildman–Crippen LogP) is 2.28. The van der Waals surface area contributed by atoms with Crippen LogP contribution in [0.25, 0.3) is 0 Å². The number of fused-ring (bicyclic) bond motifs is 1. The fourth-order valence-corrected chi connectivity index (χ4v) is 4.07. The van der Waals surface area contributed by atoms with Crippen molar-refractivity contribution in [1.82, 2.24) is 0 Å². The van der Waals surface area contributed by atoms with Crippen LogP contribution in [-0.4, -0.2) is 27.0 Å². The molecular formula is C19H22N2O3S. The molecule has 0 saturated heterocycles. The Kier molecular flexibility index (Phi) is 4.92. The van der Waals surface area contributed by atoms with Crippen molar-refractivity contribution >= 4 is 21.5 Å². The number of anilines is 1. The van der Waals surface area contributed by atoms with Gasteiger partial charge in [-0.05, 0) is 48.1 Å². The van der Waals surface area contributed by atoms with Crippen molar-refractivity contribution in [3.63, 3.8) is 0 Å². The Morgan fingerprint density at radius 2 is 1.76 bits per heavy atom. The summed E-state index contributed by atoms with van der Waals surface area (Å²) in [7, 11) is -3.42. The number of Topliss-reactive ketones (excluding diaryl/α,β-unsaturated/α-hetero) is 1. The predicted molar refractivity (Wildman–Crippen MR) is 99.3 cm³/mol. The Morgan fingerprint density at radius 3 is 2.40 bits per heavy atom. The normalized spacial score (nSPS) is 13.5. The molecule has 1 aliphatic carbocycles. The van der Waals surface area contributed by atoms with Crippen LogP contribution in [-0.2, 0) is 29.4 Å². The van der Waals surface area contributed by atoms with Crippen LogP contribution in [0.2, 0.25) is 0 Å². The van der Waals surface area contributed by atoms with Crippen LogP contribution >= 0.6 is 0 Å². The number of benzene rings is 2.